The van der Waals surface area contributed by atoms with Gasteiger partial charge in [-0.25, -0.2) is 0 Å². The zero-order chi connectivity index (χ0) is 41.3. The molecule has 0 saturated carbocycles. The number of methoxy groups -OCH3 is 2. The van der Waals surface area contributed by atoms with Crippen LogP contribution in [-0.2, 0) is 11.2 Å². The molecule has 0 unspecified atom stereocenters. The third-order valence-corrected chi connectivity index (χ3v) is 10.2. The number of phenolic OH excluding ortho intramolecular Hbond substituents is 5. The lowest BCUT2D eigenvalue weighted by Gasteiger charge is -2.39. The molecule has 18 nitrogen and oxygen atoms in total. The van der Waals surface area contributed by atoms with Crippen LogP contribution in [0.3, 0.4) is 0 Å². The Morgan fingerprint density at radius 1 is 0.759 bits per heavy atom. The smallest absolute Gasteiger partial charge is 0.229 e. The Kier molecular flexibility index (Phi) is 9.62. The fourth-order valence-corrected chi connectivity index (χ4v) is 7.30. The maximum Gasteiger partial charge on any atom is 0.229 e. The first-order valence-electron chi connectivity index (χ1n) is 17.6. The van der Waals surface area contributed by atoms with Gasteiger partial charge in [0.2, 0.25) is 12.0 Å². The van der Waals surface area contributed by atoms with Crippen LogP contribution in [0.15, 0.2) is 68.2 Å². The van der Waals surface area contributed by atoms with Gasteiger partial charge < -0.3 is 83.6 Å². The average molecular weight is 805 g/mol. The first-order chi connectivity index (χ1) is 27.7. The van der Waals surface area contributed by atoms with Crippen LogP contribution in [0.1, 0.15) is 17.2 Å². The second-order valence-electron chi connectivity index (χ2n) is 13.8. The summed E-state index contributed by atoms with van der Waals surface area (Å²) in [6.07, 6.45) is -11.4. The van der Waals surface area contributed by atoms with Gasteiger partial charge in [0.05, 0.1) is 32.3 Å². The lowest BCUT2D eigenvalue weighted by Crippen LogP contribution is -2.60. The standard InChI is InChI=1S/C40H36O18/c1-52-27-6-15(7-28(53-2)32(27)48)37-39(58-40-35(51)34(50)33(49)29(13-41)56-40)18-11-26(54-24-8-16(42)9-25(55-37)30(18)24)31-22(46)12-20(44)17-10-23(47)36(57-38(17)31)14-3-4-19(43)21(45)5-14/h3-9,11-12,23,29,33-36,40-41,43-51H,10,13H2,1-2H3/t23-,29+,33+,34-,35+,36+,40-/m0/s1. The van der Waals surface area contributed by atoms with Gasteiger partial charge in [-0.15, -0.1) is 0 Å². The van der Waals surface area contributed by atoms with Gasteiger partial charge in [-0.1, -0.05) is 6.07 Å². The Morgan fingerprint density at radius 2 is 1.45 bits per heavy atom. The molecule has 2 aliphatic rings. The molecule has 0 amide bonds. The van der Waals surface area contributed by atoms with Crippen LogP contribution >= 0.6 is 0 Å². The first-order valence-corrected chi connectivity index (χ1v) is 17.6. The molecule has 58 heavy (non-hydrogen) atoms. The van der Waals surface area contributed by atoms with Crippen molar-refractivity contribution in [1.29, 1.82) is 0 Å². The third-order valence-electron chi connectivity index (χ3n) is 10.2. The largest absolute Gasteiger partial charge is 0.507 e. The van der Waals surface area contributed by atoms with E-state index in [1.807, 2.05) is 0 Å². The normalized spacial score (nSPS) is 23.1. The zero-order valence-electron chi connectivity index (χ0n) is 30.4. The minimum atomic E-state index is -1.91. The summed E-state index contributed by atoms with van der Waals surface area (Å²) in [5, 5.41) is 107. The van der Waals surface area contributed by atoms with Gasteiger partial charge in [0, 0.05) is 41.1 Å². The summed E-state index contributed by atoms with van der Waals surface area (Å²) in [5.74, 6) is -3.26. The van der Waals surface area contributed by atoms with Crippen LogP contribution in [-0.4, -0.2) is 109 Å². The molecule has 4 heterocycles. The molecule has 0 aliphatic carbocycles. The summed E-state index contributed by atoms with van der Waals surface area (Å²) in [5.41, 5.74) is -0.532. The number of fused-ring (bicyclic) bond motifs is 1. The van der Waals surface area contributed by atoms with Crippen molar-refractivity contribution in [2.24, 2.45) is 0 Å². The van der Waals surface area contributed by atoms with E-state index >= 15 is 0 Å². The molecule has 18 heteroatoms. The van der Waals surface area contributed by atoms with Crippen molar-refractivity contribution in [3.05, 3.63) is 75.9 Å². The minimum Gasteiger partial charge on any atom is -0.507 e. The second-order valence-corrected chi connectivity index (χ2v) is 13.8. The van der Waals surface area contributed by atoms with Crippen LogP contribution in [0.25, 0.3) is 44.6 Å². The van der Waals surface area contributed by atoms with Gasteiger partial charge in [-0.3, -0.25) is 4.79 Å². The second kappa shape index (κ2) is 14.5. The minimum absolute atomic E-state index is 0.0570. The molecular weight excluding hydrogens is 768 g/mol. The van der Waals surface area contributed by atoms with Crippen LogP contribution in [0.4, 0.5) is 0 Å². The number of aliphatic hydroxyl groups excluding tert-OH is 5. The van der Waals surface area contributed by atoms with Crippen molar-refractivity contribution in [2.75, 3.05) is 20.8 Å². The number of benzene rings is 4. The van der Waals surface area contributed by atoms with Crippen molar-refractivity contribution in [2.45, 2.75) is 49.3 Å². The predicted molar refractivity (Wildman–Crippen MR) is 198 cm³/mol. The highest BCUT2D eigenvalue weighted by Crippen LogP contribution is 2.53. The summed E-state index contributed by atoms with van der Waals surface area (Å²) in [6.45, 7) is -0.780. The fraction of sp³-hybridized carbons (Fsp3) is 0.275. The van der Waals surface area contributed by atoms with E-state index in [9.17, 15) is 55.9 Å². The zero-order valence-corrected chi connectivity index (χ0v) is 30.4. The van der Waals surface area contributed by atoms with Crippen molar-refractivity contribution in [3.63, 3.8) is 0 Å². The highest BCUT2D eigenvalue weighted by atomic mass is 16.7. The van der Waals surface area contributed by atoms with E-state index in [2.05, 4.69) is 0 Å². The monoisotopic (exact) mass is 804 g/mol. The number of ether oxygens (including phenoxy) is 5. The Labute approximate surface area is 325 Å². The maximum absolute atomic E-state index is 13.2. The Hall–Kier alpha value is -6.41. The van der Waals surface area contributed by atoms with E-state index in [1.165, 1.54) is 50.6 Å². The molecule has 304 valence electrons. The maximum atomic E-state index is 13.2. The van der Waals surface area contributed by atoms with E-state index in [-0.39, 0.29) is 90.9 Å². The molecule has 7 atom stereocenters. The fourth-order valence-electron chi connectivity index (χ4n) is 7.30. The van der Waals surface area contributed by atoms with Crippen molar-refractivity contribution >= 4 is 21.9 Å². The van der Waals surface area contributed by atoms with Crippen molar-refractivity contribution in [3.8, 4) is 74.4 Å². The molecule has 2 aliphatic heterocycles. The highest BCUT2D eigenvalue weighted by molar-refractivity contribution is 6.10. The summed E-state index contributed by atoms with van der Waals surface area (Å²) in [4.78, 5) is 13.2. The molecule has 8 rings (SSSR count). The van der Waals surface area contributed by atoms with Crippen LogP contribution in [0.5, 0.6) is 51.7 Å². The lowest BCUT2D eigenvalue weighted by molar-refractivity contribution is -0.277. The van der Waals surface area contributed by atoms with Crippen LogP contribution < -0.4 is 24.4 Å². The highest BCUT2D eigenvalue weighted by Gasteiger charge is 2.45. The molecule has 0 bridgehead atoms. The summed E-state index contributed by atoms with van der Waals surface area (Å²) in [6, 6.07) is 11.1. The SMILES string of the molecule is COc1cc(-c2oc3cc(=O)cc4oc(-c5c(O)cc(O)c6c5O[C@H](c5ccc(O)c(O)c5)[C@@H](O)C6)cc(c2O[C@@H]2O[C@H](CO)[C@@H](O)[C@H](O)[C@H]2O)c43)cc(OC)c1O. The number of aromatic hydroxyl groups is 5. The number of phenols is 5. The average Bonchev–Trinajstić information content (AvgIpc) is 3.19. The number of rotatable bonds is 8. The molecule has 1 fully saturated rings. The number of aliphatic hydroxyl groups is 5. The molecule has 2 aromatic heterocycles. The van der Waals surface area contributed by atoms with Crippen LogP contribution in [0, 0.1) is 0 Å². The molecule has 6 aromatic rings. The predicted octanol–water partition coefficient (Wildman–Crippen LogP) is 2.63. The van der Waals surface area contributed by atoms with Gasteiger partial charge in [0.1, 0.15) is 70.3 Å². The molecule has 0 spiro atoms. The summed E-state index contributed by atoms with van der Waals surface area (Å²) >= 11 is 0. The molecule has 1 saturated heterocycles. The van der Waals surface area contributed by atoms with Gasteiger partial charge in [0.25, 0.3) is 0 Å². The lowest BCUT2D eigenvalue weighted by atomic mass is 9.91. The van der Waals surface area contributed by atoms with Gasteiger partial charge >= 0.3 is 0 Å². The van der Waals surface area contributed by atoms with Gasteiger partial charge in [0.15, 0.2) is 39.9 Å². The Morgan fingerprint density at radius 3 is 2.10 bits per heavy atom. The Bertz CT molecular complexity index is 2600. The molecular formula is C40H36O18. The first kappa shape index (κ1) is 38.5. The Balaban J connectivity index is 1.41. The van der Waals surface area contributed by atoms with Crippen LogP contribution in [0.2, 0.25) is 0 Å². The van der Waals surface area contributed by atoms with E-state index < -0.39 is 77.9 Å². The van der Waals surface area contributed by atoms with Crippen molar-refractivity contribution in [1.82, 2.24) is 0 Å². The van der Waals surface area contributed by atoms with E-state index in [0.29, 0.717) is 0 Å². The van der Waals surface area contributed by atoms with Gasteiger partial charge in [-0.05, 0) is 35.9 Å². The summed E-state index contributed by atoms with van der Waals surface area (Å²) in [7, 11) is 2.57. The summed E-state index contributed by atoms with van der Waals surface area (Å²) < 4.78 is 41.5. The molecule has 10 N–H and O–H groups in total. The van der Waals surface area contributed by atoms with E-state index in [0.717, 1.165) is 18.2 Å². The van der Waals surface area contributed by atoms with Crippen molar-refractivity contribution < 1.29 is 83.6 Å². The number of hydrogen-bond acceptors (Lipinski definition) is 18. The third kappa shape index (κ3) is 6.28. The number of hydrogen-bond donors (Lipinski definition) is 10. The topological polar surface area (TPSA) is 292 Å². The van der Waals surface area contributed by atoms with E-state index in [1.54, 1.807) is 0 Å². The molecule has 0 radical (unpaired) electrons. The molecule has 4 aromatic carbocycles. The quantitative estimate of drug-likeness (QED) is 0.0989. The van der Waals surface area contributed by atoms with E-state index in [4.69, 9.17) is 32.5 Å². The van der Waals surface area contributed by atoms with Gasteiger partial charge in [-0.2, -0.15) is 0 Å².